The van der Waals surface area contributed by atoms with E-state index in [0.29, 0.717) is 0 Å². The van der Waals surface area contributed by atoms with Gasteiger partial charge in [-0.3, -0.25) is 4.98 Å². The first-order valence-corrected chi connectivity index (χ1v) is 5.48. The molecule has 0 saturated carbocycles. The van der Waals surface area contributed by atoms with Crippen molar-refractivity contribution >= 4 is 35.6 Å². The van der Waals surface area contributed by atoms with Crippen LogP contribution in [0.1, 0.15) is 5.69 Å². The van der Waals surface area contributed by atoms with Gasteiger partial charge in [0.25, 0.3) is 0 Å². The highest BCUT2D eigenvalue weighted by Gasteiger charge is 1.80. The van der Waals surface area contributed by atoms with Crippen LogP contribution in [0.2, 0.25) is 0 Å². The molecule has 1 aromatic heterocycles. The second kappa shape index (κ2) is 10.1. The first kappa shape index (κ1) is 13.0. The van der Waals surface area contributed by atoms with Crippen LogP contribution < -0.4 is 0 Å². The molecule has 0 aromatic carbocycles. The van der Waals surface area contributed by atoms with Crippen LogP contribution in [0.15, 0.2) is 42.6 Å². The summed E-state index contributed by atoms with van der Waals surface area (Å²) < 4.78 is 0. The van der Waals surface area contributed by atoms with E-state index >= 15 is 0 Å². The van der Waals surface area contributed by atoms with E-state index in [4.69, 9.17) is 5.41 Å². The minimum absolute atomic E-state index is 0.923. The lowest BCUT2D eigenvalue weighted by atomic mass is 10.3. The van der Waals surface area contributed by atoms with Gasteiger partial charge in [0.15, 0.2) is 0 Å². The summed E-state index contributed by atoms with van der Waals surface area (Å²) in [4.78, 5) is 4.10. The van der Waals surface area contributed by atoms with Gasteiger partial charge < -0.3 is 5.41 Å². The van der Waals surface area contributed by atoms with E-state index in [2.05, 4.69) is 28.3 Å². The molecule has 14 heavy (non-hydrogen) atoms. The normalized spacial score (nSPS) is 9.86. The van der Waals surface area contributed by atoms with Crippen molar-refractivity contribution < 1.29 is 0 Å². The molecule has 0 radical (unpaired) electrons. The average Bonchev–Trinajstić information content (AvgIpc) is 2.29. The standard InChI is InChI=1S/C10H10N2.H2S2/c11-8-4-1-2-6-10-7-3-5-9-12-10;1-2/h1-9,11H;1-2H/b4-1-,6-2+,11-8?;. The van der Waals surface area contributed by atoms with Crippen molar-refractivity contribution in [2.45, 2.75) is 0 Å². The Balaban J connectivity index is 0.000000791. The van der Waals surface area contributed by atoms with Crippen molar-refractivity contribution in [3.8, 4) is 0 Å². The lowest BCUT2D eigenvalue weighted by Crippen LogP contribution is -1.74. The van der Waals surface area contributed by atoms with Gasteiger partial charge in [0.2, 0.25) is 0 Å². The smallest absolute Gasteiger partial charge is 0.0629 e. The number of hydrogen-bond acceptors (Lipinski definition) is 4. The molecule has 1 rings (SSSR count). The molecule has 1 N–H and O–H groups in total. The zero-order chi connectivity index (χ0) is 10.6. The number of aromatic nitrogens is 1. The van der Waals surface area contributed by atoms with Gasteiger partial charge in [0.05, 0.1) is 5.69 Å². The second-order valence-corrected chi connectivity index (χ2v) is 2.17. The summed E-state index contributed by atoms with van der Waals surface area (Å²) in [7, 11) is 0. The Kier molecular flexibility index (Phi) is 9.36. The number of nitrogens with zero attached hydrogens (tertiary/aromatic N) is 1. The first-order valence-electron chi connectivity index (χ1n) is 3.88. The van der Waals surface area contributed by atoms with Gasteiger partial charge >= 0.3 is 0 Å². The van der Waals surface area contributed by atoms with Crippen LogP contribution >= 0.6 is 23.3 Å². The molecule has 0 bridgehead atoms. The van der Waals surface area contributed by atoms with Crippen molar-refractivity contribution in [3.63, 3.8) is 0 Å². The van der Waals surface area contributed by atoms with E-state index in [1.165, 1.54) is 6.21 Å². The molecule has 2 nitrogen and oxygen atoms in total. The molecule has 0 atom stereocenters. The molecule has 1 heterocycles. The zero-order valence-electron chi connectivity index (χ0n) is 7.54. The van der Waals surface area contributed by atoms with Gasteiger partial charge in [0.1, 0.15) is 0 Å². The fourth-order valence-electron chi connectivity index (χ4n) is 0.748. The molecule has 0 aliphatic rings. The summed E-state index contributed by atoms with van der Waals surface area (Å²) in [6, 6.07) is 5.74. The molecule has 0 aliphatic carbocycles. The third-order valence-electron chi connectivity index (χ3n) is 1.27. The van der Waals surface area contributed by atoms with Gasteiger partial charge in [-0.1, -0.05) is 18.2 Å². The monoisotopic (exact) mass is 224 g/mol. The Morgan fingerprint density at radius 3 is 2.50 bits per heavy atom. The Morgan fingerprint density at radius 1 is 1.14 bits per heavy atom. The minimum atomic E-state index is 0.923. The molecular formula is C10H12N2S2. The highest BCUT2D eigenvalue weighted by molar-refractivity contribution is 8.59. The number of allylic oxidation sites excluding steroid dienone is 3. The Bertz CT molecular complexity index is 294. The van der Waals surface area contributed by atoms with Crippen molar-refractivity contribution in [2.24, 2.45) is 0 Å². The molecule has 1 aromatic rings. The Morgan fingerprint density at radius 2 is 1.93 bits per heavy atom. The number of hydrogen-bond donors (Lipinski definition) is 3. The second-order valence-electron chi connectivity index (χ2n) is 2.17. The van der Waals surface area contributed by atoms with E-state index in [1.54, 1.807) is 18.3 Å². The Labute approximate surface area is 94.5 Å². The predicted molar refractivity (Wildman–Crippen MR) is 69.2 cm³/mol. The van der Waals surface area contributed by atoms with Crippen LogP contribution in [0.4, 0.5) is 0 Å². The van der Waals surface area contributed by atoms with E-state index in [1.807, 2.05) is 30.4 Å². The highest BCUT2D eigenvalue weighted by Crippen LogP contribution is 1.95. The van der Waals surface area contributed by atoms with Crippen molar-refractivity contribution in [1.29, 1.82) is 5.41 Å². The quantitative estimate of drug-likeness (QED) is 0.314. The molecule has 4 heteroatoms. The van der Waals surface area contributed by atoms with E-state index in [-0.39, 0.29) is 0 Å². The maximum Gasteiger partial charge on any atom is 0.0629 e. The van der Waals surface area contributed by atoms with Crippen LogP contribution in [-0.2, 0) is 0 Å². The fourth-order valence-corrected chi connectivity index (χ4v) is 0.748. The summed E-state index contributed by atoms with van der Waals surface area (Å²) in [6.07, 6.45) is 10.2. The van der Waals surface area contributed by atoms with Crippen LogP contribution in [0.5, 0.6) is 0 Å². The molecular weight excluding hydrogens is 212 g/mol. The van der Waals surface area contributed by atoms with Crippen LogP contribution in [0.25, 0.3) is 6.08 Å². The van der Waals surface area contributed by atoms with Crippen molar-refractivity contribution in [1.82, 2.24) is 4.98 Å². The molecule has 0 spiro atoms. The van der Waals surface area contributed by atoms with Gasteiger partial charge in [0, 0.05) is 12.4 Å². The summed E-state index contributed by atoms with van der Waals surface area (Å²) in [5, 5.41) is 6.72. The predicted octanol–water partition coefficient (Wildman–Crippen LogP) is 3.06. The molecule has 74 valence electrons. The SMILES string of the molecule is N=C/C=C\C=C\c1ccccn1.SS. The maximum absolute atomic E-state index is 6.72. The Hall–Kier alpha value is -1.00. The molecule has 0 aliphatic heterocycles. The van der Waals surface area contributed by atoms with Crippen molar-refractivity contribution in [3.05, 3.63) is 48.3 Å². The summed E-state index contributed by atoms with van der Waals surface area (Å²) in [5.74, 6) is 0. The topological polar surface area (TPSA) is 36.7 Å². The van der Waals surface area contributed by atoms with Gasteiger partial charge in [-0.2, -0.15) is 0 Å². The fraction of sp³-hybridized carbons (Fsp3) is 0. The first-order chi connectivity index (χ1) is 6.93. The van der Waals surface area contributed by atoms with Gasteiger partial charge in [-0.05, 0) is 24.3 Å². The molecule has 0 unspecified atom stereocenters. The van der Waals surface area contributed by atoms with E-state index in [0.717, 1.165) is 5.69 Å². The summed E-state index contributed by atoms with van der Waals surface area (Å²) in [6.45, 7) is 0. The zero-order valence-corrected chi connectivity index (χ0v) is 9.33. The number of thiol groups is 2. The minimum Gasteiger partial charge on any atom is -0.309 e. The molecule has 0 amide bonds. The van der Waals surface area contributed by atoms with Crippen LogP contribution in [0.3, 0.4) is 0 Å². The summed E-state index contributed by atoms with van der Waals surface area (Å²) >= 11 is 6.44. The third kappa shape index (κ3) is 6.51. The van der Waals surface area contributed by atoms with E-state index in [9.17, 15) is 0 Å². The van der Waals surface area contributed by atoms with Crippen LogP contribution in [-0.4, -0.2) is 11.2 Å². The lowest BCUT2D eigenvalue weighted by Gasteiger charge is -1.86. The number of rotatable bonds is 3. The highest BCUT2D eigenvalue weighted by atomic mass is 33.1. The largest absolute Gasteiger partial charge is 0.309 e. The van der Waals surface area contributed by atoms with E-state index < -0.39 is 0 Å². The maximum atomic E-state index is 6.72. The average molecular weight is 224 g/mol. The molecule has 0 saturated heterocycles. The number of nitrogens with one attached hydrogen (secondary N) is 1. The summed E-state index contributed by atoms with van der Waals surface area (Å²) in [5.41, 5.74) is 0.923. The molecule has 0 fully saturated rings. The third-order valence-corrected chi connectivity index (χ3v) is 1.27. The van der Waals surface area contributed by atoms with Gasteiger partial charge in [-0.25, -0.2) is 0 Å². The van der Waals surface area contributed by atoms with Crippen molar-refractivity contribution in [2.75, 3.05) is 0 Å². The lowest BCUT2D eigenvalue weighted by molar-refractivity contribution is 1.30. The van der Waals surface area contributed by atoms with Crippen LogP contribution in [0, 0.1) is 5.41 Å². The number of pyridine rings is 1. The van der Waals surface area contributed by atoms with Gasteiger partial charge in [-0.15, -0.1) is 23.3 Å².